The van der Waals surface area contributed by atoms with Gasteiger partial charge in [-0.15, -0.1) is 0 Å². The van der Waals surface area contributed by atoms with Gasteiger partial charge in [-0.3, -0.25) is 9.48 Å². The van der Waals surface area contributed by atoms with E-state index in [1.165, 1.54) is 11.2 Å². The highest BCUT2D eigenvalue weighted by Gasteiger charge is 2.20. The number of hydrogen-bond acceptors (Lipinski definition) is 6. The standard InChI is InChI=1S/C26H28N6O2/c1-30-23-14-19(4-5-20(23)16-29-30)25-15-22-13-18(6-7-24(22)34-25)21-3-2-10-31(17-21)26(33)8-11-32(28)12-9-27/h3-7,9,12-16H,2,8,10-11,17,27-28H2,1H3/b12-9-. The molecule has 0 fully saturated rings. The van der Waals surface area contributed by atoms with Crippen LogP contribution in [0.5, 0.6) is 0 Å². The van der Waals surface area contributed by atoms with Crippen LogP contribution in [0.1, 0.15) is 18.4 Å². The van der Waals surface area contributed by atoms with Crippen molar-refractivity contribution in [1.29, 1.82) is 0 Å². The van der Waals surface area contributed by atoms with Gasteiger partial charge in [0.05, 0.1) is 11.7 Å². The lowest BCUT2D eigenvalue weighted by Crippen LogP contribution is -2.38. The number of carbonyl (C=O) groups is 1. The van der Waals surface area contributed by atoms with Gasteiger partial charge in [-0.1, -0.05) is 24.3 Å². The summed E-state index contributed by atoms with van der Waals surface area (Å²) < 4.78 is 8.01. The molecule has 2 aromatic carbocycles. The second-order valence-electron chi connectivity index (χ2n) is 8.57. The molecule has 0 radical (unpaired) electrons. The molecule has 8 heteroatoms. The number of rotatable bonds is 6. The Bertz CT molecular complexity index is 1410. The minimum Gasteiger partial charge on any atom is -0.456 e. The highest BCUT2D eigenvalue weighted by molar-refractivity contribution is 5.89. The highest BCUT2D eigenvalue weighted by atomic mass is 16.3. The molecular formula is C26H28N6O2. The van der Waals surface area contributed by atoms with E-state index in [0.29, 0.717) is 26.1 Å². The molecule has 34 heavy (non-hydrogen) atoms. The first-order chi connectivity index (χ1) is 16.5. The van der Waals surface area contributed by atoms with E-state index in [4.69, 9.17) is 16.0 Å². The first kappa shape index (κ1) is 21.8. The Morgan fingerprint density at radius 3 is 2.88 bits per heavy atom. The van der Waals surface area contributed by atoms with Crippen LogP contribution in [0.2, 0.25) is 0 Å². The van der Waals surface area contributed by atoms with Gasteiger partial charge in [0.1, 0.15) is 11.3 Å². The zero-order chi connectivity index (χ0) is 23.7. The van der Waals surface area contributed by atoms with Crippen molar-refractivity contribution in [3.8, 4) is 11.3 Å². The van der Waals surface area contributed by atoms with Crippen molar-refractivity contribution < 1.29 is 9.21 Å². The predicted octanol–water partition coefficient (Wildman–Crippen LogP) is 3.60. The molecule has 0 saturated carbocycles. The third kappa shape index (κ3) is 4.27. The van der Waals surface area contributed by atoms with Crippen LogP contribution in [0.4, 0.5) is 0 Å². The molecule has 1 aliphatic heterocycles. The topological polar surface area (TPSA) is 107 Å². The van der Waals surface area contributed by atoms with Gasteiger partial charge in [0.15, 0.2) is 0 Å². The summed E-state index contributed by atoms with van der Waals surface area (Å²) in [6, 6.07) is 14.5. The van der Waals surface area contributed by atoms with E-state index in [0.717, 1.165) is 50.8 Å². The number of benzene rings is 2. The highest BCUT2D eigenvalue weighted by Crippen LogP contribution is 2.32. The first-order valence-electron chi connectivity index (χ1n) is 11.3. The summed E-state index contributed by atoms with van der Waals surface area (Å²) in [6.45, 7) is 1.73. The summed E-state index contributed by atoms with van der Waals surface area (Å²) in [7, 11) is 1.94. The van der Waals surface area contributed by atoms with Crippen LogP contribution in [-0.2, 0) is 11.8 Å². The molecule has 3 heterocycles. The molecule has 0 unspecified atom stereocenters. The molecule has 4 aromatic rings. The molecule has 1 aliphatic rings. The summed E-state index contributed by atoms with van der Waals surface area (Å²) in [5.74, 6) is 6.69. The van der Waals surface area contributed by atoms with Gasteiger partial charge in [-0.2, -0.15) is 5.10 Å². The van der Waals surface area contributed by atoms with E-state index < -0.39 is 0 Å². The van der Waals surface area contributed by atoms with Crippen molar-refractivity contribution >= 4 is 33.4 Å². The van der Waals surface area contributed by atoms with Crippen LogP contribution >= 0.6 is 0 Å². The lowest BCUT2D eigenvalue weighted by atomic mass is 9.99. The van der Waals surface area contributed by atoms with Crippen LogP contribution in [-0.4, -0.2) is 45.2 Å². The van der Waals surface area contributed by atoms with Crippen molar-refractivity contribution in [3.05, 3.63) is 72.7 Å². The minimum absolute atomic E-state index is 0.0868. The molecule has 4 N–H and O–H groups in total. The maximum atomic E-state index is 12.7. The monoisotopic (exact) mass is 456 g/mol. The van der Waals surface area contributed by atoms with Crippen LogP contribution in [0.15, 0.2) is 71.6 Å². The quantitative estimate of drug-likeness (QED) is 0.339. The number of aromatic nitrogens is 2. The zero-order valence-electron chi connectivity index (χ0n) is 19.1. The number of nitrogens with two attached hydrogens (primary N) is 2. The van der Waals surface area contributed by atoms with Gasteiger partial charge in [-0.25, -0.2) is 5.84 Å². The first-order valence-corrected chi connectivity index (χ1v) is 11.3. The predicted molar refractivity (Wildman–Crippen MR) is 134 cm³/mol. The van der Waals surface area contributed by atoms with Crippen molar-refractivity contribution in [2.24, 2.45) is 18.6 Å². The van der Waals surface area contributed by atoms with Crippen molar-refractivity contribution in [1.82, 2.24) is 19.7 Å². The molecule has 1 amide bonds. The fourth-order valence-electron chi connectivity index (χ4n) is 4.42. The van der Waals surface area contributed by atoms with E-state index in [-0.39, 0.29) is 5.91 Å². The smallest absolute Gasteiger partial charge is 0.224 e. The van der Waals surface area contributed by atoms with Crippen LogP contribution < -0.4 is 11.6 Å². The molecule has 174 valence electrons. The van der Waals surface area contributed by atoms with Gasteiger partial charge in [-0.05, 0) is 41.8 Å². The molecule has 5 rings (SSSR count). The Balaban J connectivity index is 1.34. The van der Waals surface area contributed by atoms with Gasteiger partial charge >= 0.3 is 0 Å². The average Bonchev–Trinajstić information content (AvgIpc) is 3.45. The number of carbonyl (C=O) groups excluding carboxylic acids is 1. The summed E-state index contributed by atoms with van der Waals surface area (Å²) in [4.78, 5) is 14.6. The van der Waals surface area contributed by atoms with Crippen LogP contribution in [0, 0.1) is 0 Å². The number of aryl methyl sites for hydroxylation is 1. The number of furan rings is 1. The SMILES string of the molecule is Cn1ncc2ccc(-c3cc4cc(C5=CCCN(C(=O)CCN(N)/C=C\N)C5)ccc4o3)cc21. The fourth-order valence-corrected chi connectivity index (χ4v) is 4.42. The molecule has 0 atom stereocenters. The Kier molecular flexibility index (Phi) is 5.81. The van der Waals surface area contributed by atoms with Gasteiger partial charge in [0, 0.05) is 61.8 Å². The van der Waals surface area contributed by atoms with Crippen LogP contribution in [0.25, 0.3) is 38.8 Å². The van der Waals surface area contributed by atoms with Gasteiger partial charge in [0.25, 0.3) is 0 Å². The lowest BCUT2D eigenvalue weighted by molar-refractivity contribution is -0.130. The van der Waals surface area contributed by atoms with Crippen LogP contribution in [0.3, 0.4) is 0 Å². The zero-order valence-corrected chi connectivity index (χ0v) is 19.1. The summed E-state index contributed by atoms with van der Waals surface area (Å²) >= 11 is 0. The Morgan fingerprint density at radius 1 is 1.18 bits per heavy atom. The number of nitrogens with zero attached hydrogens (tertiary/aromatic N) is 4. The minimum atomic E-state index is 0.0868. The second-order valence-corrected chi connectivity index (χ2v) is 8.57. The number of hydrogen-bond donors (Lipinski definition) is 2. The van der Waals surface area contributed by atoms with E-state index in [9.17, 15) is 4.79 Å². The van der Waals surface area contributed by atoms with E-state index in [1.54, 1.807) is 6.20 Å². The Morgan fingerprint density at radius 2 is 2.03 bits per heavy atom. The summed E-state index contributed by atoms with van der Waals surface area (Å²) in [5, 5.41) is 7.88. The van der Waals surface area contributed by atoms with Gasteiger partial charge < -0.3 is 20.1 Å². The average molecular weight is 457 g/mol. The maximum absolute atomic E-state index is 12.7. The Hall–Kier alpha value is -4.04. The second kappa shape index (κ2) is 9.07. The molecule has 0 aliphatic carbocycles. The number of hydrazine groups is 1. The lowest BCUT2D eigenvalue weighted by Gasteiger charge is -2.28. The molecule has 0 bridgehead atoms. The molecule has 2 aromatic heterocycles. The largest absolute Gasteiger partial charge is 0.456 e. The van der Waals surface area contributed by atoms with E-state index >= 15 is 0 Å². The van der Waals surface area contributed by atoms with Crippen molar-refractivity contribution in [3.63, 3.8) is 0 Å². The van der Waals surface area contributed by atoms with Gasteiger partial charge in [0.2, 0.25) is 5.91 Å². The third-order valence-electron chi connectivity index (χ3n) is 6.29. The summed E-state index contributed by atoms with van der Waals surface area (Å²) in [6.07, 6.45) is 8.17. The van der Waals surface area contributed by atoms with Crippen molar-refractivity contribution in [2.45, 2.75) is 12.8 Å². The molecular weight excluding hydrogens is 428 g/mol. The number of amides is 1. The van der Waals surface area contributed by atoms with E-state index in [2.05, 4.69) is 47.6 Å². The van der Waals surface area contributed by atoms with Crippen molar-refractivity contribution in [2.75, 3.05) is 19.6 Å². The summed E-state index contributed by atoms with van der Waals surface area (Å²) in [5.41, 5.74) is 10.5. The Labute approximate surface area is 197 Å². The third-order valence-corrected chi connectivity index (χ3v) is 6.29. The molecule has 0 saturated heterocycles. The fraction of sp³-hybridized carbons (Fsp3) is 0.231. The molecule has 0 spiro atoms. The molecule has 8 nitrogen and oxygen atoms in total. The number of fused-ring (bicyclic) bond motifs is 2. The maximum Gasteiger partial charge on any atom is 0.224 e. The normalized spacial score (nSPS) is 14.3. The van der Waals surface area contributed by atoms with E-state index in [1.807, 2.05) is 28.9 Å².